The number of hydrogen-bond donors (Lipinski definition) is 2. The van der Waals surface area contributed by atoms with Crippen LogP contribution in [0, 0.1) is 20.8 Å². The predicted molar refractivity (Wildman–Crippen MR) is 97.1 cm³/mol. The molecule has 2 rings (SSSR count). The van der Waals surface area contributed by atoms with Crippen LogP contribution in [0.25, 0.3) is 0 Å². The monoisotopic (exact) mass is 324 g/mol. The number of nitrogens with one attached hydrogen (secondary N) is 2. The van der Waals surface area contributed by atoms with Gasteiger partial charge >= 0.3 is 11.8 Å². The van der Waals surface area contributed by atoms with Crippen LogP contribution in [0.15, 0.2) is 42.5 Å². The Labute approximate surface area is 143 Å². The summed E-state index contributed by atoms with van der Waals surface area (Å²) in [5.74, 6) is -1.10. The number of hydrogen-bond acceptors (Lipinski definition) is 2. The van der Waals surface area contributed by atoms with Crippen molar-refractivity contribution < 1.29 is 9.59 Å². The van der Waals surface area contributed by atoms with Crippen LogP contribution in [-0.4, -0.2) is 18.4 Å². The standard InChI is InChI=1S/C20H24N2O2/c1-13-10-14(2)18(15(3)11-13)22-20(24)19(23)21-12-16(4)17-8-6-5-7-9-17/h5-11,16H,12H2,1-4H3,(H,21,23)(H,22,24)/t16-/m0/s1. The lowest BCUT2D eigenvalue weighted by Gasteiger charge is -2.15. The molecule has 0 aliphatic rings. The molecule has 0 heterocycles. The molecule has 24 heavy (non-hydrogen) atoms. The molecule has 0 saturated heterocycles. The Balaban J connectivity index is 1.95. The lowest BCUT2D eigenvalue weighted by molar-refractivity contribution is -0.136. The van der Waals surface area contributed by atoms with E-state index in [0.29, 0.717) is 12.2 Å². The maximum atomic E-state index is 12.1. The lowest BCUT2D eigenvalue weighted by Crippen LogP contribution is -2.37. The first-order chi connectivity index (χ1) is 11.4. The molecule has 2 aromatic carbocycles. The van der Waals surface area contributed by atoms with E-state index in [2.05, 4.69) is 10.6 Å². The van der Waals surface area contributed by atoms with Crippen LogP contribution in [0.3, 0.4) is 0 Å². The number of amides is 2. The van der Waals surface area contributed by atoms with Crippen molar-refractivity contribution >= 4 is 17.5 Å². The van der Waals surface area contributed by atoms with E-state index in [-0.39, 0.29) is 5.92 Å². The molecule has 0 spiro atoms. The molecule has 0 bridgehead atoms. The van der Waals surface area contributed by atoms with Gasteiger partial charge in [-0.3, -0.25) is 9.59 Å². The number of rotatable bonds is 4. The molecule has 4 heteroatoms. The molecule has 0 saturated carbocycles. The molecule has 0 radical (unpaired) electrons. The summed E-state index contributed by atoms with van der Waals surface area (Å²) in [6.45, 7) is 8.28. The zero-order valence-electron chi connectivity index (χ0n) is 14.6. The fourth-order valence-corrected chi connectivity index (χ4v) is 2.77. The second-order valence-corrected chi connectivity index (χ2v) is 6.25. The summed E-state index contributed by atoms with van der Waals surface area (Å²) in [6.07, 6.45) is 0. The van der Waals surface area contributed by atoms with Gasteiger partial charge in [-0.25, -0.2) is 0 Å². The number of carbonyl (C=O) groups is 2. The number of carbonyl (C=O) groups excluding carboxylic acids is 2. The second-order valence-electron chi connectivity index (χ2n) is 6.25. The molecule has 0 aliphatic heterocycles. The van der Waals surface area contributed by atoms with Gasteiger partial charge in [0.2, 0.25) is 0 Å². The van der Waals surface area contributed by atoms with Crippen LogP contribution in [-0.2, 0) is 9.59 Å². The Morgan fingerprint density at radius 3 is 2.12 bits per heavy atom. The van der Waals surface area contributed by atoms with Gasteiger partial charge in [-0.15, -0.1) is 0 Å². The van der Waals surface area contributed by atoms with E-state index in [4.69, 9.17) is 0 Å². The highest BCUT2D eigenvalue weighted by Gasteiger charge is 2.17. The van der Waals surface area contributed by atoms with Crippen LogP contribution in [0.2, 0.25) is 0 Å². The van der Waals surface area contributed by atoms with Crippen molar-refractivity contribution in [1.29, 1.82) is 0 Å². The van der Waals surface area contributed by atoms with Crippen LogP contribution in [0.4, 0.5) is 5.69 Å². The highest BCUT2D eigenvalue weighted by atomic mass is 16.2. The van der Waals surface area contributed by atoms with Crippen molar-refractivity contribution in [3.8, 4) is 0 Å². The van der Waals surface area contributed by atoms with E-state index in [1.807, 2.05) is 70.2 Å². The molecule has 0 aliphatic carbocycles. The van der Waals surface area contributed by atoms with Crippen LogP contribution in [0.1, 0.15) is 35.1 Å². The third-order valence-corrected chi connectivity index (χ3v) is 4.06. The number of anilines is 1. The number of aryl methyl sites for hydroxylation is 3. The average Bonchev–Trinajstić information content (AvgIpc) is 2.56. The SMILES string of the molecule is Cc1cc(C)c(NC(=O)C(=O)NC[C@H](C)c2ccccc2)c(C)c1. The van der Waals surface area contributed by atoms with Gasteiger partial charge in [0, 0.05) is 12.2 Å². The maximum absolute atomic E-state index is 12.1. The van der Waals surface area contributed by atoms with Crippen molar-refractivity contribution in [2.75, 3.05) is 11.9 Å². The molecule has 1 atom stereocenters. The van der Waals surface area contributed by atoms with Crippen molar-refractivity contribution in [3.05, 3.63) is 64.7 Å². The summed E-state index contributed by atoms with van der Waals surface area (Å²) < 4.78 is 0. The molecular weight excluding hydrogens is 300 g/mol. The largest absolute Gasteiger partial charge is 0.347 e. The Morgan fingerprint density at radius 1 is 0.958 bits per heavy atom. The second kappa shape index (κ2) is 7.77. The fraction of sp³-hybridized carbons (Fsp3) is 0.300. The summed E-state index contributed by atoms with van der Waals surface area (Å²) in [4.78, 5) is 24.2. The van der Waals surface area contributed by atoms with Gasteiger partial charge in [0.25, 0.3) is 0 Å². The Morgan fingerprint density at radius 2 is 1.54 bits per heavy atom. The van der Waals surface area contributed by atoms with Gasteiger partial charge in [-0.05, 0) is 43.4 Å². The molecule has 4 nitrogen and oxygen atoms in total. The normalized spacial score (nSPS) is 11.7. The van der Waals surface area contributed by atoms with Crippen LogP contribution in [0.5, 0.6) is 0 Å². The first kappa shape index (κ1) is 17.7. The summed E-state index contributed by atoms with van der Waals surface area (Å²) in [5, 5.41) is 5.42. The van der Waals surface area contributed by atoms with Gasteiger partial charge in [0.1, 0.15) is 0 Å². The van der Waals surface area contributed by atoms with Crippen molar-refractivity contribution in [2.24, 2.45) is 0 Å². The highest BCUT2D eigenvalue weighted by molar-refractivity contribution is 6.39. The Hall–Kier alpha value is -2.62. The molecule has 2 N–H and O–H groups in total. The van der Waals surface area contributed by atoms with E-state index in [1.165, 1.54) is 0 Å². The zero-order valence-corrected chi connectivity index (χ0v) is 14.6. The van der Waals surface area contributed by atoms with Crippen molar-refractivity contribution in [3.63, 3.8) is 0 Å². The lowest BCUT2D eigenvalue weighted by atomic mass is 10.0. The summed E-state index contributed by atoms with van der Waals surface area (Å²) in [5.41, 5.74) is 4.86. The van der Waals surface area contributed by atoms with E-state index in [1.54, 1.807) is 0 Å². The summed E-state index contributed by atoms with van der Waals surface area (Å²) in [6, 6.07) is 13.9. The highest BCUT2D eigenvalue weighted by Crippen LogP contribution is 2.21. The first-order valence-electron chi connectivity index (χ1n) is 8.10. The first-order valence-corrected chi connectivity index (χ1v) is 8.10. The van der Waals surface area contributed by atoms with Gasteiger partial charge in [0.15, 0.2) is 0 Å². The quantitative estimate of drug-likeness (QED) is 0.846. The Kier molecular flexibility index (Phi) is 5.74. The van der Waals surface area contributed by atoms with Gasteiger partial charge < -0.3 is 10.6 Å². The van der Waals surface area contributed by atoms with Gasteiger partial charge in [-0.2, -0.15) is 0 Å². The van der Waals surface area contributed by atoms with E-state index >= 15 is 0 Å². The summed E-state index contributed by atoms with van der Waals surface area (Å²) >= 11 is 0. The van der Waals surface area contributed by atoms with Crippen molar-refractivity contribution in [1.82, 2.24) is 5.32 Å². The van der Waals surface area contributed by atoms with E-state index in [0.717, 1.165) is 22.3 Å². The van der Waals surface area contributed by atoms with E-state index < -0.39 is 11.8 Å². The van der Waals surface area contributed by atoms with Crippen LogP contribution >= 0.6 is 0 Å². The molecule has 0 fully saturated rings. The molecule has 2 amide bonds. The van der Waals surface area contributed by atoms with Crippen molar-refractivity contribution in [2.45, 2.75) is 33.6 Å². The fourth-order valence-electron chi connectivity index (χ4n) is 2.77. The third-order valence-electron chi connectivity index (χ3n) is 4.06. The Bertz CT molecular complexity index is 716. The molecule has 2 aromatic rings. The molecule has 0 unspecified atom stereocenters. The average molecular weight is 324 g/mol. The minimum Gasteiger partial charge on any atom is -0.347 e. The van der Waals surface area contributed by atoms with E-state index in [9.17, 15) is 9.59 Å². The third kappa shape index (κ3) is 4.44. The number of benzene rings is 2. The minimum absolute atomic E-state index is 0.144. The molecule has 0 aromatic heterocycles. The van der Waals surface area contributed by atoms with Crippen LogP contribution < -0.4 is 10.6 Å². The van der Waals surface area contributed by atoms with Gasteiger partial charge in [0.05, 0.1) is 0 Å². The zero-order chi connectivity index (χ0) is 17.7. The minimum atomic E-state index is -0.634. The summed E-state index contributed by atoms with van der Waals surface area (Å²) in [7, 11) is 0. The molecular formula is C20H24N2O2. The smallest absolute Gasteiger partial charge is 0.313 e. The predicted octanol–water partition coefficient (Wildman–Crippen LogP) is 3.47. The molecule has 126 valence electrons. The van der Waals surface area contributed by atoms with Gasteiger partial charge in [-0.1, -0.05) is 55.0 Å². The maximum Gasteiger partial charge on any atom is 0.313 e. The topological polar surface area (TPSA) is 58.2 Å².